The summed E-state index contributed by atoms with van der Waals surface area (Å²) in [4.78, 5) is 6.76. The molecule has 2 aromatic heterocycles. The lowest BCUT2D eigenvalue weighted by molar-refractivity contribution is 0.844. The Morgan fingerprint density at radius 1 is 1.26 bits per heavy atom. The monoisotopic (exact) mass is 275 g/mol. The third-order valence-corrected chi connectivity index (χ3v) is 3.96. The summed E-state index contributed by atoms with van der Waals surface area (Å²) in [6.07, 6.45) is 1.91. The summed E-state index contributed by atoms with van der Waals surface area (Å²) in [7, 11) is 0. The van der Waals surface area contributed by atoms with Crippen LogP contribution in [0.3, 0.4) is 0 Å². The third-order valence-electron chi connectivity index (χ3n) is 3.26. The van der Waals surface area contributed by atoms with Crippen LogP contribution < -0.4 is 10.2 Å². The lowest BCUT2D eigenvalue weighted by Crippen LogP contribution is -2.22. The number of pyridine rings is 1. The molecule has 0 bridgehead atoms. The minimum Gasteiger partial charge on any atom is -0.377 e. The van der Waals surface area contributed by atoms with Crippen LogP contribution in [-0.2, 0) is 0 Å². The molecule has 0 amide bonds. The van der Waals surface area contributed by atoms with Gasteiger partial charge in [0.05, 0.1) is 11.9 Å². The van der Waals surface area contributed by atoms with Crippen molar-refractivity contribution in [2.24, 2.45) is 0 Å². The molecular formula is C15H21N3S. The highest BCUT2D eigenvalue weighted by Crippen LogP contribution is 2.21. The van der Waals surface area contributed by atoms with Gasteiger partial charge in [0.1, 0.15) is 5.82 Å². The quantitative estimate of drug-likeness (QED) is 0.858. The van der Waals surface area contributed by atoms with Crippen LogP contribution in [0.25, 0.3) is 0 Å². The van der Waals surface area contributed by atoms with E-state index in [2.05, 4.69) is 64.9 Å². The Morgan fingerprint density at radius 3 is 2.58 bits per heavy atom. The van der Waals surface area contributed by atoms with E-state index in [9.17, 15) is 0 Å². The molecule has 0 aliphatic carbocycles. The molecule has 0 aromatic carbocycles. The molecule has 0 radical (unpaired) electrons. The molecule has 4 heteroatoms. The van der Waals surface area contributed by atoms with Crippen molar-refractivity contribution in [3.05, 3.63) is 40.7 Å². The molecule has 2 heterocycles. The second kappa shape index (κ2) is 6.57. The molecule has 1 unspecified atom stereocenters. The SMILES string of the molecule is CCN(CC)c1ccc(NC(C)c2ccsc2)cn1. The summed E-state index contributed by atoms with van der Waals surface area (Å²) in [5.41, 5.74) is 2.38. The van der Waals surface area contributed by atoms with Gasteiger partial charge in [0.15, 0.2) is 0 Å². The Bertz CT molecular complexity index is 475. The standard InChI is InChI=1S/C15H21N3S/c1-4-18(5-2)15-7-6-14(10-16-15)17-12(3)13-8-9-19-11-13/h6-12,17H,4-5H2,1-3H3. The van der Waals surface area contributed by atoms with Crippen LogP contribution in [0.15, 0.2) is 35.2 Å². The van der Waals surface area contributed by atoms with Crippen LogP contribution >= 0.6 is 11.3 Å². The molecule has 0 aliphatic heterocycles. The minimum atomic E-state index is 0.312. The highest BCUT2D eigenvalue weighted by molar-refractivity contribution is 7.07. The molecule has 0 spiro atoms. The molecule has 19 heavy (non-hydrogen) atoms. The van der Waals surface area contributed by atoms with Crippen LogP contribution in [0.2, 0.25) is 0 Å². The largest absolute Gasteiger partial charge is 0.377 e. The highest BCUT2D eigenvalue weighted by atomic mass is 32.1. The molecule has 1 N–H and O–H groups in total. The molecule has 2 rings (SSSR count). The van der Waals surface area contributed by atoms with E-state index in [1.165, 1.54) is 5.56 Å². The summed E-state index contributed by atoms with van der Waals surface area (Å²) in [5, 5.41) is 7.75. The molecule has 2 aromatic rings. The van der Waals surface area contributed by atoms with E-state index in [0.29, 0.717) is 6.04 Å². The van der Waals surface area contributed by atoms with E-state index in [4.69, 9.17) is 0 Å². The van der Waals surface area contributed by atoms with Crippen molar-refractivity contribution in [2.45, 2.75) is 26.8 Å². The van der Waals surface area contributed by atoms with E-state index < -0.39 is 0 Å². The van der Waals surface area contributed by atoms with Crippen molar-refractivity contribution in [3.8, 4) is 0 Å². The van der Waals surface area contributed by atoms with Gasteiger partial charge in [-0.1, -0.05) is 0 Å². The highest BCUT2D eigenvalue weighted by Gasteiger charge is 2.07. The van der Waals surface area contributed by atoms with Gasteiger partial charge < -0.3 is 10.2 Å². The Balaban J connectivity index is 2.02. The van der Waals surface area contributed by atoms with E-state index in [1.807, 2.05) is 6.20 Å². The van der Waals surface area contributed by atoms with E-state index in [1.54, 1.807) is 11.3 Å². The van der Waals surface area contributed by atoms with Crippen molar-refractivity contribution in [2.75, 3.05) is 23.3 Å². The van der Waals surface area contributed by atoms with Gasteiger partial charge in [0, 0.05) is 19.1 Å². The number of hydrogen-bond acceptors (Lipinski definition) is 4. The number of anilines is 2. The van der Waals surface area contributed by atoms with Gasteiger partial charge in [-0.25, -0.2) is 4.98 Å². The van der Waals surface area contributed by atoms with Gasteiger partial charge in [-0.3, -0.25) is 0 Å². The topological polar surface area (TPSA) is 28.2 Å². The summed E-state index contributed by atoms with van der Waals surface area (Å²) in [6.45, 7) is 8.44. The Hall–Kier alpha value is -1.55. The van der Waals surface area contributed by atoms with Gasteiger partial charge in [0.2, 0.25) is 0 Å². The summed E-state index contributed by atoms with van der Waals surface area (Å²) in [6, 6.07) is 6.64. The fraction of sp³-hybridized carbons (Fsp3) is 0.400. The normalized spacial score (nSPS) is 12.2. The molecule has 0 aliphatic rings. The number of aromatic nitrogens is 1. The number of nitrogens with zero attached hydrogens (tertiary/aromatic N) is 2. The maximum Gasteiger partial charge on any atom is 0.128 e. The number of rotatable bonds is 6. The molecule has 1 atom stereocenters. The van der Waals surface area contributed by atoms with Crippen molar-refractivity contribution in [3.63, 3.8) is 0 Å². The number of hydrogen-bond donors (Lipinski definition) is 1. The summed E-state index contributed by atoms with van der Waals surface area (Å²) < 4.78 is 0. The van der Waals surface area contributed by atoms with E-state index in [-0.39, 0.29) is 0 Å². The predicted molar refractivity (Wildman–Crippen MR) is 84.2 cm³/mol. The fourth-order valence-corrected chi connectivity index (χ4v) is 2.81. The first-order valence-electron chi connectivity index (χ1n) is 6.74. The van der Waals surface area contributed by atoms with Crippen LogP contribution in [0, 0.1) is 0 Å². The lowest BCUT2D eigenvalue weighted by atomic mass is 10.2. The Morgan fingerprint density at radius 2 is 2.05 bits per heavy atom. The van der Waals surface area contributed by atoms with Crippen molar-refractivity contribution >= 4 is 22.8 Å². The van der Waals surface area contributed by atoms with Crippen molar-refractivity contribution in [1.82, 2.24) is 4.98 Å². The lowest BCUT2D eigenvalue weighted by Gasteiger charge is -2.20. The number of thiophene rings is 1. The smallest absolute Gasteiger partial charge is 0.128 e. The van der Waals surface area contributed by atoms with Crippen LogP contribution in [0.4, 0.5) is 11.5 Å². The summed E-state index contributed by atoms with van der Waals surface area (Å²) >= 11 is 1.73. The second-order valence-corrected chi connectivity index (χ2v) is 5.28. The van der Waals surface area contributed by atoms with Crippen molar-refractivity contribution in [1.29, 1.82) is 0 Å². The Kier molecular flexibility index (Phi) is 4.80. The van der Waals surface area contributed by atoms with Gasteiger partial charge in [-0.2, -0.15) is 11.3 Å². The second-order valence-electron chi connectivity index (χ2n) is 4.50. The molecule has 102 valence electrons. The average Bonchev–Trinajstić information content (AvgIpc) is 2.96. The van der Waals surface area contributed by atoms with Gasteiger partial charge >= 0.3 is 0 Å². The van der Waals surface area contributed by atoms with Crippen molar-refractivity contribution < 1.29 is 0 Å². The maximum atomic E-state index is 4.52. The Labute approximate surface area is 119 Å². The van der Waals surface area contributed by atoms with Gasteiger partial charge in [0.25, 0.3) is 0 Å². The predicted octanol–water partition coefficient (Wildman–Crippen LogP) is 4.16. The zero-order valence-electron chi connectivity index (χ0n) is 11.8. The molecule has 0 saturated carbocycles. The summed E-state index contributed by atoms with van der Waals surface area (Å²) in [5.74, 6) is 1.04. The first kappa shape index (κ1) is 13.9. The molecule has 0 saturated heterocycles. The zero-order valence-corrected chi connectivity index (χ0v) is 12.6. The third kappa shape index (κ3) is 3.47. The van der Waals surface area contributed by atoms with Gasteiger partial charge in [-0.05, 0) is 55.3 Å². The first-order chi connectivity index (χ1) is 9.24. The molecule has 0 fully saturated rings. The van der Waals surface area contributed by atoms with Gasteiger partial charge in [-0.15, -0.1) is 0 Å². The van der Waals surface area contributed by atoms with E-state index in [0.717, 1.165) is 24.6 Å². The molecular weight excluding hydrogens is 254 g/mol. The van der Waals surface area contributed by atoms with Crippen LogP contribution in [-0.4, -0.2) is 18.1 Å². The fourth-order valence-electron chi connectivity index (χ4n) is 2.06. The van der Waals surface area contributed by atoms with E-state index >= 15 is 0 Å². The number of nitrogens with one attached hydrogen (secondary N) is 1. The average molecular weight is 275 g/mol. The molecule has 3 nitrogen and oxygen atoms in total. The maximum absolute atomic E-state index is 4.52. The minimum absolute atomic E-state index is 0.312. The van der Waals surface area contributed by atoms with Crippen LogP contribution in [0.5, 0.6) is 0 Å². The zero-order chi connectivity index (χ0) is 13.7. The first-order valence-corrected chi connectivity index (χ1v) is 7.68. The van der Waals surface area contributed by atoms with Crippen LogP contribution in [0.1, 0.15) is 32.4 Å².